The highest BCUT2D eigenvalue weighted by Crippen LogP contribution is 2.27. The van der Waals surface area contributed by atoms with Crippen molar-refractivity contribution < 1.29 is 19.0 Å². The molecule has 0 aliphatic carbocycles. The molecule has 4 rings (SSSR count). The number of carbonyl (C=O) groups excluding carboxylic acids is 1. The summed E-state index contributed by atoms with van der Waals surface area (Å²) in [5, 5.41) is 3.00. The molecule has 0 aliphatic rings. The number of benzene rings is 3. The fraction of sp³-hybridized carbons (Fsp3) is 0.355. The average molecular weight is 516 g/mol. The SMILES string of the molecule is COc1ccc(C(=O)NCCCCCc2nc3ccccc3n2CCOc2c(C)cccc2C)cc1OC. The number of unbranched alkanes of at least 4 members (excludes halogenated alkanes) is 2. The molecule has 0 aliphatic heterocycles. The molecule has 0 saturated heterocycles. The monoisotopic (exact) mass is 515 g/mol. The topological polar surface area (TPSA) is 74.6 Å². The zero-order chi connectivity index (χ0) is 26.9. The molecule has 4 aromatic rings. The number of amides is 1. The van der Waals surface area contributed by atoms with E-state index in [1.54, 1.807) is 32.4 Å². The molecule has 1 N–H and O–H groups in total. The van der Waals surface area contributed by atoms with Crippen LogP contribution in [0.1, 0.15) is 46.6 Å². The number of carbonyl (C=O) groups is 1. The molecule has 3 aromatic carbocycles. The Morgan fingerprint density at radius 2 is 1.66 bits per heavy atom. The summed E-state index contributed by atoms with van der Waals surface area (Å²) < 4.78 is 19.0. The third-order valence-corrected chi connectivity index (χ3v) is 6.71. The molecule has 1 heterocycles. The van der Waals surface area contributed by atoms with Crippen molar-refractivity contribution in [3.63, 3.8) is 0 Å². The van der Waals surface area contributed by atoms with Gasteiger partial charge in [-0.2, -0.15) is 0 Å². The number of rotatable bonds is 13. The molecule has 7 heteroatoms. The number of methoxy groups -OCH3 is 2. The van der Waals surface area contributed by atoms with E-state index in [9.17, 15) is 4.79 Å². The molecule has 200 valence electrons. The molecule has 0 unspecified atom stereocenters. The minimum Gasteiger partial charge on any atom is -0.493 e. The van der Waals surface area contributed by atoms with Crippen LogP contribution in [0.15, 0.2) is 60.7 Å². The number of aryl methyl sites for hydroxylation is 3. The van der Waals surface area contributed by atoms with Crippen LogP contribution in [0.5, 0.6) is 17.2 Å². The summed E-state index contributed by atoms with van der Waals surface area (Å²) in [4.78, 5) is 17.4. The summed E-state index contributed by atoms with van der Waals surface area (Å²) in [6.45, 7) is 6.10. The van der Waals surface area contributed by atoms with Crippen LogP contribution in [0.2, 0.25) is 0 Å². The quantitative estimate of drug-likeness (QED) is 0.225. The first-order valence-electron chi connectivity index (χ1n) is 13.1. The van der Waals surface area contributed by atoms with Crippen LogP contribution < -0.4 is 19.5 Å². The van der Waals surface area contributed by atoms with Gasteiger partial charge in [0, 0.05) is 18.5 Å². The van der Waals surface area contributed by atoms with E-state index in [4.69, 9.17) is 19.2 Å². The maximum Gasteiger partial charge on any atom is 0.251 e. The standard InChI is InChI=1S/C31H37N3O4/c1-22-11-10-12-23(2)30(22)38-20-19-34-26-14-8-7-13-25(26)33-29(34)15-6-5-9-18-32-31(35)24-16-17-27(36-3)28(21-24)37-4/h7-8,10-14,16-17,21H,5-6,9,15,18-20H2,1-4H3,(H,32,35). The molecule has 0 bridgehead atoms. The maximum atomic E-state index is 12.5. The van der Waals surface area contributed by atoms with Gasteiger partial charge >= 0.3 is 0 Å². The second kappa shape index (κ2) is 13.0. The summed E-state index contributed by atoms with van der Waals surface area (Å²) in [5.41, 5.74) is 5.00. The minimum absolute atomic E-state index is 0.114. The third kappa shape index (κ3) is 6.46. The average Bonchev–Trinajstić information content (AvgIpc) is 3.28. The highest BCUT2D eigenvalue weighted by molar-refractivity contribution is 5.94. The van der Waals surface area contributed by atoms with Gasteiger partial charge in [0.2, 0.25) is 0 Å². The van der Waals surface area contributed by atoms with Gasteiger partial charge in [-0.05, 0) is 68.1 Å². The van der Waals surface area contributed by atoms with Crippen LogP contribution in [-0.2, 0) is 13.0 Å². The molecule has 1 aromatic heterocycles. The summed E-state index contributed by atoms with van der Waals surface area (Å²) in [5.74, 6) is 3.07. The molecule has 0 spiro atoms. The Kier molecular flexibility index (Phi) is 9.25. The maximum absolute atomic E-state index is 12.5. The Labute approximate surface area is 224 Å². The lowest BCUT2D eigenvalue weighted by Gasteiger charge is -2.14. The lowest BCUT2D eigenvalue weighted by atomic mass is 10.1. The van der Waals surface area contributed by atoms with Gasteiger partial charge in [0.25, 0.3) is 5.91 Å². The van der Waals surface area contributed by atoms with Gasteiger partial charge in [-0.1, -0.05) is 36.8 Å². The predicted octanol–water partition coefficient (Wildman–Crippen LogP) is 5.89. The largest absolute Gasteiger partial charge is 0.493 e. The smallest absolute Gasteiger partial charge is 0.251 e. The number of aromatic nitrogens is 2. The third-order valence-electron chi connectivity index (χ3n) is 6.71. The van der Waals surface area contributed by atoms with Gasteiger partial charge in [-0.3, -0.25) is 4.79 Å². The van der Waals surface area contributed by atoms with Crippen molar-refractivity contribution >= 4 is 16.9 Å². The fourth-order valence-corrected chi connectivity index (χ4v) is 4.70. The van der Waals surface area contributed by atoms with Crippen molar-refractivity contribution in [3.05, 3.63) is 83.2 Å². The van der Waals surface area contributed by atoms with Gasteiger partial charge < -0.3 is 24.1 Å². The van der Waals surface area contributed by atoms with E-state index < -0.39 is 0 Å². The lowest BCUT2D eigenvalue weighted by molar-refractivity contribution is 0.0952. The Hall–Kier alpha value is -4.00. The molecule has 0 atom stereocenters. The van der Waals surface area contributed by atoms with E-state index in [-0.39, 0.29) is 5.91 Å². The number of ether oxygens (including phenoxy) is 3. The first-order valence-corrected chi connectivity index (χ1v) is 13.1. The number of nitrogens with one attached hydrogen (secondary N) is 1. The van der Waals surface area contributed by atoms with E-state index in [2.05, 4.69) is 60.1 Å². The van der Waals surface area contributed by atoms with Gasteiger partial charge in [0.1, 0.15) is 18.2 Å². The molecule has 7 nitrogen and oxygen atoms in total. The van der Waals surface area contributed by atoms with Crippen LogP contribution >= 0.6 is 0 Å². The number of nitrogens with zero attached hydrogens (tertiary/aromatic N) is 2. The Morgan fingerprint density at radius 3 is 2.42 bits per heavy atom. The van der Waals surface area contributed by atoms with Crippen molar-refractivity contribution in [2.45, 2.75) is 46.1 Å². The van der Waals surface area contributed by atoms with Crippen LogP contribution in [0, 0.1) is 13.8 Å². The normalized spacial score (nSPS) is 10.9. The summed E-state index contributed by atoms with van der Waals surface area (Å²) in [6.07, 6.45) is 3.76. The van der Waals surface area contributed by atoms with Crippen molar-refractivity contribution in [2.75, 3.05) is 27.4 Å². The molecule has 0 radical (unpaired) electrons. The van der Waals surface area contributed by atoms with Gasteiger partial charge in [-0.25, -0.2) is 4.98 Å². The number of fused-ring (bicyclic) bond motifs is 1. The van der Waals surface area contributed by atoms with Gasteiger partial charge in [0.05, 0.1) is 31.8 Å². The highest BCUT2D eigenvalue weighted by atomic mass is 16.5. The van der Waals surface area contributed by atoms with Crippen LogP contribution in [0.4, 0.5) is 0 Å². The summed E-state index contributed by atoms with van der Waals surface area (Å²) in [6, 6.07) is 19.7. The van der Waals surface area contributed by atoms with E-state index in [1.807, 2.05) is 6.07 Å². The Bertz CT molecular complexity index is 1360. The van der Waals surface area contributed by atoms with E-state index in [1.165, 1.54) is 0 Å². The molecular weight excluding hydrogens is 478 g/mol. The Balaban J connectivity index is 1.28. The fourth-order valence-electron chi connectivity index (χ4n) is 4.70. The van der Waals surface area contributed by atoms with E-state index in [0.717, 1.165) is 66.0 Å². The van der Waals surface area contributed by atoms with Crippen LogP contribution in [-0.4, -0.2) is 42.8 Å². The number of para-hydroxylation sites is 3. The lowest BCUT2D eigenvalue weighted by Crippen LogP contribution is -2.24. The van der Waals surface area contributed by atoms with Crippen LogP contribution in [0.3, 0.4) is 0 Å². The van der Waals surface area contributed by atoms with Crippen molar-refractivity contribution in [1.82, 2.24) is 14.9 Å². The van der Waals surface area contributed by atoms with Crippen molar-refractivity contribution in [1.29, 1.82) is 0 Å². The molecule has 0 saturated carbocycles. The van der Waals surface area contributed by atoms with Crippen LogP contribution in [0.25, 0.3) is 11.0 Å². The number of hydrogen-bond acceptors (Lipinski definition) is 5. The summed E-state index contributed by atoms with van der Waals surface area (Å²) in [7, 11) is 3.14. The first-order chi connectivity index (χ1) is 18.5. The van der Waals surface area contributed by atoms with Gasteiger partial charge in [0.15, 0.2) is 11.5 Å². The van der Waals surface area contributed by atoms with Crippen molar-refractivity contribution in [2.24, 2.45) is 0 Å². The van der Waals surface area contributed by atoms with Crippen molar-refractivity contribution in [3.8, 4) is 17.2 Å². The first kappa shape index (κ1) is 27.0. The molecule has 38 heavy (non-hydrogen) atoms. The second-order valence-electron chi connectivity index (χ2n) is 9.37. The van der Waals surface area contributed by atoms with E-state index in [0.29, 0.717) is 30.2 Å². The Morgan fingerprint density at radius 1 is 0.895 bits per heavy atom. The zero-order valence-electron chi connectivity index (χ0n) is 22.8. The molecule has 1 amide bonds. The predicted molar refractivity (Wildman–Crippen MR) is 151 cm³/mol. The summed E-state index contributed by atoms with van der Waals surface area (Å²) >= 11 is 0. The van der Waals surface area contributed by atoms with E-state index >= 15 is 0 Å². The minimum atomic E-state index is -0.114. The van der Waals surface area contributed by atoms with Gasteiger partial charge in [-0.15, -0.1) is 0 Å². The molecule has 0 fully saturated rings. The zero-order valence-corrected chi connectivity index (χ0v) is 22.8. The number of hydrogen-bond donors (Lipinski definition) is 1. The number of imidazole rings is 1. The highest BCUT2D eigenvalue weighted by Gasteiger charge is 2.12. The molecular formula is C31H37N3O4. The second-order valence-corrected chi connectivity index (χ2v) is 9.37.